The minimum Gasteiger partial charge on any atom is -0.379 e. The Kier molecular flexibility index (Phi) is 10.2. The summed E-state index contributed by atoms with van der Waals surface area (Å²) >= 11 is 0. The van der Waals surface area contributed by atoms with Crippen LogP contribution in [0.2, 0.25) is 0 Å². The predicted molar refractivity (Wildman–Crippen MR) is 129 cm³/mol. The van der Waals surface area contributed by atoms with Crippen molar-refractivity contribution in [3.63, 3.8) is 0 Å². The van der Waals surface area contributed by atoms with Crippen LogP contribution in [0.1, 0.15) is 64.5 Å². The summed E-state index contributed by atoms with van der Waals surface area (Å²) < 4.78 is 68.9. The molecule has 35 heavy (non-hydrogen) atoms. The van der Waals surface area contributed by atoms with Gasteiger partial charge in [-0.15, -0.1) is 0 Å². The highest BCUT2D eigenvalue weighted by Gasteiger charge is 2.32. The van der Waals surface area contributed by atoms with Gasteiger partial charge >= 0.3 is 16.3 Å². The smallest absolute Gasteiger partial charge is 0.379 e. The number of carbonyl (C=O) groups is 1. The molecule has 5 nitrogen and oxygen atoms in total. The summed E-state index contributed by atoms with van der Waals surface area (Å²) in [4.78, 5) is 14.4. The van der Waals surface area contributed by atoms with Crippen LogP contribution in [-0.4, -0.2) is 25.8 Å². The van der Waals surface area contributed by atoms with Gasteiger partial charge in [-0.25, -0.2) is 0 Å². The number of rotatable bonds is 12. The maximum atomic E-state index is 13.2. The molecule has 1 atom stereocenters. The fraction of sp³-hybridized carbons (Fsp3) is 0.500. The first-order valence-electron chi connectivity index (χ1n) is 11.9. The van der Waals surface area contributed by atoms with Crippen molar-refractivity contribution in [3.8, 4) is 5.75 Å². The first kappa shape index (κ1) is 28.7. The van der Waals surface area contributed by atoms with Gasteiger partial charge in [0.2, 0.25) is 5.91 Å². The van der Waals surface area contributed by atoms with Crippen LogP contribution in [0, 0.1) is 11.8 Å². The Morgan fingerprint density at radius 3 is 2.26 bits per heavy atom. The maximum Gasteiger partial charge on any atom is 0.416 e. The summed E-state index contributed by atoms with van der Waals surface area (Å²) in [7, 11) is -4.45. The Bertz CT molecular complexity index is 1070. The lowest BCUT2D eigenvalue weighted by molar-refractivity contribution is -0.138. The molecule has 0 fully saturated rings. The van der Waals surface area contributed by atoms with Gasteiger partial charge in [0.1, 0.15) is 10.6 Å². The van der Waals surface area contributed by atoms with Crippen LogP contribution in [0.15, 0.2) is 53.4 Å². The largest absolute Gasteiger partial charge is 0.416 e. The summed E-state index contributed by atoms with van der Waals surface area (Å²) in [5.41, 5.74) is -0.273. The Morgan fingerprint density at radius 2 is 1.71 bits per heavy atom. The quantitative estimate of drug-likeness (QED) is 0.297. The van der Waals surface area contributed by atoms with Gasteiger partial charge in [-0.2, -0.15) is 21.6 Å². The Labute approximate surface area is 206 Å². The molecule has 0 saturated carbocycles. The normalized spacial score (nSPS) is 13.0. The van der Waals surface area contributed by atoms with Gasteiger partial charge in [-0.05, 0) is 54.7 Å². The molecule has 1 unspecified atom stereocenters. The van der Waals surface area contributed by atoms with Crippen LogP contribution in [0.25, 0.3) is 0 Å². The van der Waals surface area contributed by atoms with Crippen molar-refractivity contribution < 1.29 is 30.6 Å². The number of alkyl halides is 3. The number of unbranched alkanes of at least 4 members (excludes halogenated alkanes) is 1. The number of hydrogen-bond acceptors (Lipinski definition) is 4. The highest BCUT2D eigenvalue weighted by atomic mass is 32.2. The van der Waals surface area contributed by atoms with E-state index in [0.29, 0.717) is 19.2 Å². The van der Waals surface area contributed by atoms with Gasteiger partial charge in [0, 0.05) is 19.0 Å². The van der Waals surface area contributed by atoms with Crippen molar-refractivity contribution in [1.29, 1.82) is 0 Å². The van der Waals surface area contributed by atoms with Gasteiger partial charge in [-0.3, -0.25) is 4.79 Å². The fourth-order valence-corrected chi connectivity index (χ4v) is 4.73. The Morgan fingerprint density at radius 1 is 1.06 bits per heavy atom. The monoisotopic (exact) mass is 513 g/mol. The molecule has 2 aromatic carbocycles. The van der Waals surface area contributed by atoms with E-state index in [-0.39, 0.29) is 23.5 Å². The molecule has 194 valence electrons. The lowest BCUT2D eigenvalue weighted by Crippen LogP contribution is -2.38. The van der Waals surface area contributed by atoms with Gasteiger partial charge in [0.15, 0.2) is 0 Å². The molecule has 0 spiro atoms. The zero-order valence-corrected chi connectivity index (χ0v) is 21.5. The number of carbonyl (C=O) groups excluding carboxylic acids is 1. The van der Waals surface area contributed by atoms with E-state index in [9.17, 15) is 26.4 Å². The molecular weight excluding hydrogens is 479 g/mol. The second kappa shape index (κ2) is 12.4. The zero-order valence-electron chi connectivity index (χ0n) is 20.6. The summed E-state index contributed by atoms with van der Waals surface area (Å²) in [6.45, 7) is 9.18. The molecule has 1 amide bonds. The number of halogens is 3. The molecule has 2 rings (SSSR count). The molecule has 0 radical (unpaired) electrons. The van der Waals surface area contributed by atoms with E-state index >= 15 is 0 Å². The molecule has 9 heteroatoms. The van der Waals surface area contributed by atoms with E-state index < -0.39 is 26.8 Å². The van der Waals surface area contributed by atoms with Gasteiger partial charge in [0.25, 0.3) is 0 Å². The second-order valence-electron chi connectivity index (χ2n) is 9.07. The van der Waals surface area contributed by atoms with E-state index in [1.165, 1.54) is 12.1 Å². The molecule has 0 aliphatic rings. The Balaban J connectivity index is 2.16. The average molecular weight is 514 g/mol. The Hall–Kier alpha value is -2.55. The SMILES string of the molecule is CCCCC(CC)C(=O)N(Cc1ccc(OS(=O)(=O)c2cccc(C(F)(F)F)c2)cc1)CC(C)C. The third kappa shape index (κ3) is 8.56. The highest BCUT2D eigenvalue weighted by Crippen LogP contribution is 2.31. The molecule has 0 aliphatic heterocycles. The first-order valence-corrected chi connectivity index (χ1v) is 13.3. The third-order valence-corrected chi connectivity index (χ3v) is 6.84. The molecule has 0 bridgehead atoms. The van der Waals surface area contributed by atoms with E-state index in [4.69, 9.17) is 4.18 Å². The lowest BCUT2D eigenvalue weighted by atomic mass is 9.97. The van der Waals surface area contributed by atoms with E-state index in [2.05, 4.69) is 6.92 Å². The van der Waals surface area contributed by atoms with Crippen LogP contribution in [0.3, 0.4) is 0 Å². The molecule has 0 N–H and O–H groups in total. The maximum absolute atomic E-state index is 13.2. The summed E-state index contributed by atoms with van der Waals surface area (Å²) in [6.07, 6.45) is -1.03. The van der Waals surface area contributed by atoms with Crippen LogP contribution >= 0.6 is 0 Å². The van der Waals surface area contributed by atoms with Gasteiger partial charge in [-0.1, -0.05) is 58.7 Å². The number of benzene rings is 2. The number of amides is 1. The molecule has 0 aromatic heterocycles. The van der Waals surface area contributed by atoms with Crippen LogP contribution < -0.4 is 4.18 Å². The van der Waals surface area contributed by atoms with Gasteiger partial charge in [0.05, 0.1) is 5.56 Å². The van der Waals surface area contributed by atoms with E-state index in [1.54, 1.807) is 12.1 Å². The average Bonchev–Trinajstić information content (AvgIpc) is 2.79. The van der Waals surface area contributed by atoms with Crippen LogP contribution in [-0.2, 0) is 27.6 Å². The van der Waals surface area contributed by atoms with E-state index in [1.807, 2.05) is 25.7 Å². The van der Waals surface area contributed by atoms with Crippen molar-refractivity contribution in [2.24, 2.45) is 11.8 Å². The van der Waals surface area contributed by atoms with E-state index in [0.717, 1.165) is 49.4 Å². The first-order chi connectivity index (χ1) is 16.4. The lowest BCUT2D eigenvalue weighted by Gasteiger charge is -2.29. The molecule has 0 saturated heterocycles. The zero-order chi connectivity index (χ0) is 26.2. The topological polar surface area (TPSA) is 63.7 Å². The van der Waals surface area contributed by atoms with Crippen LogP contribution in [0.4, 0.5) is 13.2 Å². The molecule has 2 aromatic rings. The number of nitrogens with zero attached hydrogens (tertiary/aromatic N) is 1. The second-order valence-corrected chi connectivity index (χ2v) is 10.6. The third-order valence-electron chi connectivity index (χ3n) is 5.60. The van der Waals surface area contributed by atoms with Crippen molar-refractivity contribution in [1.82, 2.24) is 4.90 Å². The van der Waals surface area contributed by atoms with Crippen molar-refractivity contribution in [3.05, 3.63) is 59.7 Å². The van der Waals surface area contributed by atoms with Crippen LogP contribution in [0.5, 0.6) is 5.75 Å². The van der Waals surface area contributed by atoms with Crippen molar-refractivity contribution >= 4 is 16.0 Å². The highest BCUT2D eigenvalue weighted by molar-refractivity contribution is 7.87. The standard InChI is InChI=1S/C26H34F3NO4S/c1-5-7-9-21(6-2)25(31)30(17-19(3)4)18-20-12-14-23(15-13-20)34-35(32,33)24-11-8-10-22(16-24)26(27,28)29/h8,10-16,19,21H,5-7,9,17-18H2,1-4H3. The van der Waals surface area contributed by atoms with Crippen molar-refractivity contribution in [2.75, 3.05) is 6.54 Å². The van der Waals surface area contributed by atoms with Crippen molar-refractivity contribution in [2.45, 2.75) is 71.0 Å². The fourth-order valence-electron chi connectivity index (χ4n) is 3.76. The molecule has 0 heterocycles. The molecular formula is C26H34F3NO4S. The van der Waals surface area contributed by atoms with Gasteiger partial charge < -0.3 is 9.08 Å². The summed E-state index contributed by atoms with van der Waals surface area (Å²) in [5, 5.41) is 0. The summed E-state index contributed by atoms with van der Waals surface area (Å²) in [6, 6.07) is 9.60. The minimum atomic E-state index is -4.67. The minimum absolute atomic E-state index is 0.0257. The molecule has 0 aliphatic carbocycles. The summed E-state index contributed by atoms with van der Waals surface area (Å²) in [5.74, 6) is 0.334. The predicted octanol–water partition coefficient (Wildman–Crippen LogP) is 6.67. The number of hydrogen-bond donors (Lipinski definition) is 0.